The SMILES string of the molecule is CCOC(=O)c1nc(Cn2cnc3c2c(=O)n(C)c(=O)n3C)cs1. The second-order valence-corrected chi connectivity index (χ2v) is 5.97. The van der Waals surface area contributed by atoms with E-state index >= 15 is 0 Å². The molecular weight excluding hydrogens is 334 g/mol. The fourth-order valence-electron chi connectivity index (χ4n) is 2.36. The van der Waals surface area contributed by atoms with Gasteiger partial charge in [-0.05, 0) is 6.92 Å². The number of thiazole rings is 1. The lowest BCUT2D eigenvalue weighted by atomic mass is 10.4. The van der Waals surface area contributed by atoms with Crippen molar-refractivity contribution in [1.82, 2.24) is 23.7 Å². The van der Waals surface area contributed by atoms with E-state index in [0.717, 1.165) is 4.57 Å². The summed E-state index contributed by atoms with van der Waals surface area (Å²) in [6.45, 7) is 2.27. The molecule has 0 aliphatic heterocycles. The highest BCUT2D eigenvalue weighted by molar-refractivity contribution is 7.11. The zero-order valence-corrected chi connectivity index (χ0v) is 14.2. The predicted molar refractivity (Wildman–Crippen MR) is 87.4 cm³/mol. The predicted octanol–water partition coefficient (Wildman–Crippen LogP) is 0.115. The van der Waals surface area contributed by atoms with Gasteiger partial charge in [-0.3, -0.25) is 13.9 Å². The highest BCUT2D eigenvalue weighted by atomic mass is 32.1. The third-order valence-electron chi connectivity index (χ3n) is 3.55. The van der Waals surface area contributed by atoms with Gasteiger partial charge in [0.05, 0.1) is 25.2 Å². The Morgan fingerprint density at radius 2 is 2.04 bits per heavy atom. The van der Waals surface area contributed by atoms with Gasteiger partial charge in [0.15, 0.2) is 11.2 Å². The van der Waals surface area contributed by atoms with Crippen LogP contribution < -0.4 is 11.2 Å². The molecule has 3 aromatic rings. The summed E-state index contributed by atoms with van der Waals surface area (Å²) in [6, 6.07) is 0. The van der Waals surface area contributed by atoms with E-state index in [4.69, 9.17) is 4.74 Å². The van der Waals surface area contributed by atoms with Gasteiger partial charge in [0.25, 0.3) is 5.56 Å². The summed E-state index contributed by atoms with van der Waals surface area (Å²) < 4.78 is 8.87. The number of aromatic nitrogens is 5. The topological polar surface area (TPSA) is 101 Å². The second kappa shape index (κ2) is 6.04. The van der Waals surface area contributed by atoms with Gasteiger partial charge in [0.2, 0.25) is 5.01 Å². The van der Waals surface area contributed by atoms with Gasteiger partial charge >= 0.3 is 11.7 Å². The summed E-state index contributed by atoms with van der Waals surface area (Å²) in [7, 11) is 2.98. The summed E-state index contributed by atoms with van der Waals surface area (Å²) in [5, 5.41) is 1.99. The Balaban J connectivity index is 2.02. The van der Waals surface area contributed by atoms with Crippen LogP contribution in [-0.2, 0) is 25.4 Å². The number of hydrogen-bond donors (Lipinski definition) is 0. The molecule has 0 unspecified atom stereocenters. The van der Waals surface area contributed by atoms with Crippen LogP contribution in [0.2, 0.25) is 0 Å². The van der Waals surface area contributed by atoms with Crippen molar-refractivity contribution in [3.8, 4) is 0 Å². The Hall–Kier alpha value is -2.75. The van der Waals surface area contributed by atoms with E-state index in [2.05, 4.69) is 9.97 Å². The molecule has 3 rings (SSSR count). The molecule has 0 radical (unpaired) electrons. The summed E-state index contributed by atoms with van der Waals surface area (Å²) >= 11 is 1.18. The fourth-order valence-corrected chi connectivity index (χ4v) is 3.06. The summed E-state index contributed by atoms with van der Waals surface area (Å²) in [5.41, 5.74) is 0.370. The molecule has 0 bridgehead atoms. The van der Waals surface area contributed by atoms with Crippen molar-refractivity contribution in [3.05, 3.63) is 43.2 Å². The summed E-state index contributed by atoms with van der Waals surface area (Å²) in [4.78, 5) is 44.3. The Bertz CT molecular complexity index is 1040. The van der Waals surface area contributed by atoms with Gasteiger partial charge in [-0.2, -0.15) is 0 Å². The zero-order valence-electron chi connectivity index (χ0n) is 13.3. The van der Waals surface area contributed by atoms with Crippen LogP contribution in [0.5, 0.6) is 0 Å². The number of esters is 1. The van der Waals surface area contributed by atoms with E-state index in [1.165, 1.54) is 29.3 Å². The molecule has 0 aliphatic carbocycles. The van der Waals surface area contributed by atoms with E-state index in [0.29, 0.717) is 16.9 Å². The first-order chi connectivity index (χ1) is 11.4. The van der Waals surface area contributed by atoms with Crippen molar-refractivity contribution in [2.75, 3.05) is 6.61 Å². The van der Waals surface area contributed by atoms with Crippen molar-refractivity contribution in [1.29, 1.82) is 0 Å². The molecule has 0 aliphatic rings. The van der Waals surface area contributed by atoms with Crippen molar-refractivity contribution < 1.29 is 9.53 Å². The van der Waals surface area contributed by atoms with Gasteiger partial charge in [-0.15, -0.1) is 11.3 Å². The number of rotatable bonds is 4. The van der Waals surface area contributed by atoms with Gasteiger partial charge < -0.3 is 9.30 Å². The molecule has 3 heterocycles. The number of nitrogens with zero attached hydrogens (tertiary/aromatic N) is 5. The van der Waals surface area contributed by atoms with Crippen LogP contribution in [0.3, 0.4) is 0 Å². The number of carbonyl (C=O) groups excluding carboxylic acids is 1. The lowest BCUT2D eigenvalue weighted by Gasteiger charge is -2.05. The Kier molecular flexibility index (Phi) is 4.06. The maximum absolute atomic E-state index is 12.4. The maximum Gasteiger partial charge on any atom is 0.367 e. The smallest absolute Gasteiger partial charge is 0.367 e. The number of fused-ring (bicyclic) bond motifs is 1. The number of ether oxygens (including phenoxy) is 1. The molecule has 0 atom stereocenters. The van der Waals surface area contributed by atoms with Crippen LogP contribution >= 0.6 is 11.3 Å². The minimum atomic E-state index is -0.470. The molecule has 0 fully saturated rings. The maximum atomic E-state index is 12.4. The van der Waals surface area contributed by atoms with Crippen LogP contribution in [0.1, 0.15) is 22.4 Å². The van der Waals surface area contributed by atoms with Gasteiger partial charge in [-0.25, -0.2) is 19.6 Å². The number of imidazole rings is 1. The standard InChI is InChI=1S/C14H15N5O4S/c1-4-23-13(21)11-16-8(6-24-11)5-19-7-15-10-9(19)12(20)18(3)14(22)17(10)2/h6-7H,4-5H2,1-3H3. The molecule has 3 aromatic heterocycles. The largest absolute Gasteiger partial charge is 0.461 e. The van der Waals surface area contributed by atoms with E-state index in [1.807, 2.05) is 0 Å². The molecule has 0 amide bonds. The third-order valence-corrected chi connectivity index (χ3v) is 4.42. The molecule has 0 aromatic carbocycles. The molecule has 24 heavy (non-hydrogen) atoms. The van der Waals surface area contributed by atoms with Crippen LogP contribution in [-0.4, -0.2) is 36.2 Å². The van der Waals surface area contributed by atoms with Crippen LogP contribution in [0.4, 0.5) is 0 Å². The monoisotopic (exact) mass is 349 g/mol. The minimum Gasteiger partial charge on any atom is -0.461 e. The fraction of sp³-hybridized carbons (Fsp3) is 0.357. The second-order valence-electron chi connectivity index (χ2n) is 5.11. The third kappa shape index (κ3) is 2.54. The molecule has 0 N–H and O–H groups in total. The Labute approximate surface area is 139 Å². The van der Waals surface area contributed by atoms with Crippen molar-refractivity contribution >= 4 is 28.5 Å². The summed E-state index contributed by atoms with van der Waals surface area (Å²) in [6.07, 6.45) is 1.48. The van der Waals surface area contributed by atoms with E-state index < -0.39 is 17.2 Å². The Morgan fingerprint density at radius 3 is 2.75 bits per heavy atom. The van der Waals surface area contributed by atoms with Crippen LogP contribution in [0.25, 0.3) is 11.2 Å². The summed E-state index contributed by atoms with van der Waals surface area (Å²) in [5.74, 6) is -0.470. The van der Waals surface area contributed by atoms with Gasteiger partial charge in [0, 0.05) is 19.5 Å². The molecule has 0 spiro atoms. The number of carbonyl (C=O) groups is 1. The number of hydrogen-bond acceptors (Lipinski definition) is 7. The molecule has 126 valence electrons. The number of aryl methyl sites for hydroxylation is 1. The van der Waals surface area contributed by atoms with E-state index in [9.17, 15) is 14.4 Å². The van der Waals surface area contributed by atoms with Crippen molar-refractivity contribution in [2.24, 2.45) is 14.1 Å². The van der Waals surface area contributed by atoms with Crippen LogP contribution in [0.15, 0.2) is 21.3 Å². The van der Waals surface area contributed by atoms with Crippen molar-refractivity contribution in [3.63, 3.8) is 0 Å². The van der Waals surface area contributed by atoms with Crippen molar-refractivity contribution in [2.45, 2.75) is 13.5 Å². The Morgan fingerprint density at radius 1 is 1.29 bits per heavy atom. The first-order valence-electron chi connectivity index (χ1n) is 7.16. The minimum absolute atomic E-state index is 0.261. The molecule has 0 saturated carbocycles. The van der Waals surface area contributed by atoms with E-state index in [-0.39, 0.29) is 18.2 Å². The highest BCUT2D eigenvalue weighted by Crippen LogP contribution is 2.14. The zero-order chi connectivity index (χ0) is 17.4. The lowest BCUT2D eigenvalue weighted by molar-refractivity contribution is 0.0525. The van der Waals surface area contributed by atoms with Gasteiger partial charge in [0.1, 0.15) is 0 Å². The first-order valence-corrected chi connectivity index (χ1v) is 8.04. The van der Waals surface area contributed by atoms with Gasteiger partial charge in [-0.1, -0.05) is 0 Å². The normalized spacial score (nSPS) is 11.1. The highest BCUT2D eigenvalue weighted by Gasteiger charge is 2.16. The molecule has 0 saturated heterocycles. The first kappa shape index (κ1) is 16.1. The van der Waals surface area contributed by atoms with E-state index in [1.54, 1.807) is 23.9 Å². The molecule has 9 nitrogen and oxygen atoms in total. The molecular formula is C14H15N5O4S. The average Bonchev–Trinajstić information content (AvgIpc) is 3.19. The average molecular weight is 349 g/mol. The van der Waals surface area contributed by atoms with Crippen LogP contribution in [0, 0.1) is 0 Å². The molecule has 10 heteroatoms. The lowest BCUT2D eigenvalue weighted by Crippen LogP contribution is -2.37. The quantitative estimate of drug-likeness (QED) is 0.620.